The SMILES string of the molecule is Cc1cccc(Cn2c(-c3cccc(C)c3)nc3ccccc32)c1. The molecule has 0 radical (unpaired) electrons. The van der Waals surface area contributed by atoms with Crippen molar-refractivity contribution in [3.8, 4) is 11.4 Å². The third-order valence-electron chi connectivity index (χ3n) is 4.35. The van der Waals surface area contributed by atoms with Crippen LogP contribution >= 0.6 is 0 Å². The molecule has 4 aromatic rings. The first kappa shape index (κ1) is 14.7. The van der Waals surface area contributed by atoms with Crippen molar-refractivity contribution in [2.75, 3.05) is 0 Å². The predicted molar refractivity (Wildman–Crippen MR) is 100 cm³/mol. The molecule has 4 rings (SSSR count). The summed E-state index contributed by atoms with van der Waals surface area (Å²) in [6, 6.07) is 25.6. The molecule has 1 aromatic heterocycles. The molecule has 0 bridgehead atoms. The number of aryl methyl sites for hydroxylation is 2. The molecule has 118 valence electrons. The van der Waals surface area contributed by atoms with Gasteiger partial charge in [0.15, 0.2) is 0 Å². The Morgan fingerprint density at radius 2 is 1.54 bits per heavy atom. The highest BCUT2D eigenvalue weighted by Gasteiger charge is 2.12. The van der Waals surface area contributed by atoms with Gasteiger partial charge < -0.3 is 4.57 Å². The van der Waals surface area contributed by atoms with Gasteiger partial charge in [-0.05, 0) is 37.6 Å². The van der Waals surface area contributed by atoms with Crippen LogP contribution in [0.1, 0.15) is 16.7 Å². The summed E-state index contributed by atoms with van der Waals surface area (Å²) in [5, 5.41) is 0. The average Bonchev–Trinajstić information content (AvgIpc) is 2.94. The van der Waals surface area contributed by atoms with Crippen LogP contribution in [0.2, 0.25) is 0 Å². The van der Waals surface area contributed by atoms with E-state index in [4.69, 9.17) is 4.98 Å². The monoisotopic (exact) mass is 312 g/mol. The van der Waals surface area contributed by atoms with E-state index in [2.05, 4.69) is 85.1 Å². The Kier molecular flexibility index (Phi) is 3.66. The maximum Gasteiger partial charge on any atom is 0.141 e. The Morgan fingerprint density at radius 3 is 2.33 bits per heavy atom. The van der Waals surface area contributed by atoms with E-state index in [1.807, 2.05) is 6.07 Å². The molecule has 2 heteroatoms. The fourth-order valence-corrected chi connectivity index (χ4v) is 3.23. The molecule has 0 aliphatic carbocycles. The van der Waals surface area contributed by atoms with E-state index in [0.717, 1.165) is 17.9 Å². The number of para-hydroxylation sites is 2. The van der Waals surface area contributed by atoms with Gasteiger partial charge in [-0.1, -0.05) is 65.7 Å². The van der Waals surface area contributed by atoms with Gasteiger partial charge in [0.2, 0.25) is 0 Å². The van der Waals surface area contributed by atoms with Gasteiger partial charge >= 0.3 is 0 Å². The van der Waals surface area contributed by atoms with Gasteiger partial charge in [0, 0.05) is 12.1 Å². The van der Waals surface area contributed by atoms with Crippen LogP contribution in [0.3, 0.4) is 0 Å². The van der Waals surface area contributed by atoms with Crippen molar-refractivity contribution >= 4 is 11.0 Å². The van der Waals surface area contributed by atoms with Gasteiger partial charge in [-0.2, -0.15) is 0 Å². The van der Waals surface area contributed by atoms with E-state index >= 15 is 0 Å². The zero-order valence-electron chi connectivity index (χ0n) is 14.0. The second-order valence-electron chi connectivity index (χ2n) is 6.37. The minimum absolute atomic E-state index is 0.825. The number of nitrogens with zero attached hydrogens (tertiary/aromatic N) is 2. The second kappa shape index (κ2) is 5.97. The lowest BCUT2D eigenvalue weighted by molar-refractivity contribution is 0.833. The molecular weight excluding hydrogens is 292 g/mol. The van der Waals surface area contributed by atoms with Crippen molar-refractivity contribution in [2.45, 2.75) is 20.4 Å². The number of hydrogen-bond donors (Lipinski definition) is 0. The minimum Gasteiger partial charge on any atom is -0.319 e. The maximum atomic E-state index is 4.91. The Morgan fingerprint density at radius 1 is 0.792 bits per heavy atom. The first-order valence-corrected chi connectivity index (χ1v) is 8.28. The molecule has 0 fully saturated rings. The van der Waals surface area contributed by atoms with E-state index < -0.39 is 0 Å². The highest BCUT2D eigenvalue weighted by atomic mass is 15.1. The van der Waals surface area contributed by atoms with Gasteiger partial charge in [0.05, 0.1) is 11.0 Å². The van der Waals surface area contributed by atoms with Gasteiger partial charge in [-0.3, -0.25) is 0 Å². The number of fused-ring (bicyclic) bond motifs is 1. The lowest BCUT2D eigenvalue weighted by atomic mass is 10.1. The van der Waals surface area contributed by atoms with Crippen molar-refractivity contribution in [3.63, 3.8) is 0 Å². The Hall–Kier alpha value is -2.87. The van der Waals surface area contributed by atoms with Crippen LogP contribution < -0.4 is 0 Å². The normalized spacial score (nSPS) is 11.1. The van der Waals surface area contributed by atoms with Gasteiger partial charge in [-0.25, -0.2) is 4.98 Å². The summed E-state index contributed by atoms with van der Waals surface area (Å²) >= 11 is 0. The molecule has 0 aliphatic heterocycles. The molecule has 0 saturated carbocycles. The summed E-state index contributed by atoms with van der Waals surface area (Å²) in [6.07, 6.45) is 0. The van der Waals surface area contributed by atoms with Crippen molar-refractivity contribution in [1.82, 2.24) is 9.55 Å². The second-order valence-corrected chi connectivity index (χ2v) is 6.37. The minimum atomic E-state index is 0.825. The highest BCUT2D eigenvalue weighted by Crippen LogP contribution is 2.26. The Balaban J connectivity index is 1.90. The van der Waals surface area contributed by atoms with E-state index in [1.54, 1.807) is 0 Å². The van der Waals surface area contributed by atoms with Crippen LogP contribution in [-0.4, -0.2) is 9.55 Å². The van der Waals surface area contributed by atoms with Gasteiger partial charge in [0.25, 0.3) is 0 Å². The summed E-state index contributed by atoms with van der Waals surface area (Å²) in [4.78, 5) is 4.91. The standard InChI is InChI=1S/C22H20N2/c1-16-7-5-9-18(13-16)15-24-21-12-4-3-11-20(21)23-22(24)19-10-6-8-17(2)14-19/h3-14H,15H2,1-2H3. The van der Waals surface area contributed by atoms with E-state index in [-0.39, 0.29) is 0 Å². The van der Waals surface area contributed by atoms with Crippen LogP contribution in [0.4, 0.5) is 0 Å². The quantitative estimate of drug-likeness (QED) is 0.497. The third kappa shape index (κ3) is 2.71. The first-order valence-electron chi connectivity index (χ1n) is 8.28. The lowest BCUT2D eigenvalue weighted by Gasteiger charge is -2.11. The molecule has 24 heavy (non-hydrogen) atoms. The summed E-state index contributed by atoms with van der Waals surface area (Å²) in [5.74, 6) is 1.03. The van der Waals surface area contributed by atoms with Crippen LogP contribution in [0.5, 0.6) is 0 Å². The number of hydrogen-bond acceptors (Lipinski definition) is 1. The van der Waals surface area contributed by atoms with E-state index in [9.17, 15) is 0 Å². The molecule has 3 aromatic carbocycles. The van der Waals surface area contributed by atoms with Crippen molar-refractivity contribution in [2.24, 2.45) is 0 Å². The first-order chi connectivity index (χ1) is 11.7. The van der Waals surface area contributed by atoms with Crippen LogP contribution in [-0.2, 0) is 6.54 Å². The summed E-state index contributed by atoms with van der Waals surface area (Å²) in [6.45, 7) is 5.08. The van der Waals surface area contributed by atoms with Crippen molar-refractivity contribution < 1.29 is 0 Å². The number of imidazole rings is 1. The third-order valence-corrected chi connectivity index (χ3v) is 4.35. The topological polar surface area (TPSA) is 17.8 Å². The molecule has 0 saturated heterocycles. The summed E-state index contributed by atoms with van der Waals surface area (Å²) < 4.78 is 2.32. The molecule has 0 aliphatic rings. The Labute approximate surface area is 142 Å². The lowest BCUT2D eigenvalue weighted by Crippen LogP contribution is -2.02. The molecule has 0 N–H and O–H groups in total. The molecule has 0 spiro atoms. The number of benzene rings is 3. The molecule has 0 atom stereocenters. The summed E-state index contributed by atoms with van der Waals surface area (Å²) in [7, 11) is 0. The smallest absolute Gasteiger partial charge is 0.141 e. The molecular formula is C22H20N2. The number of rotatable bonds is 3. The molecule has 1 heterocycles. The number of aromatic nitrogens is 2. The largest absolute Gasteiger partial charge is 0.319 e. The van der Waals surface area contributed by atoms with E-state index in [0.29, 0.717) is 0 Å². The van der Waals surface area contributed by atoms with Crippen molar-refractivity contribution in [1.29, 1.82) is 0 Å². The zero-order valence-corrected chi connectivity index (χ0v) is 14.0. The Bertz CT molecular complexity index is 1010. The van der Waals surface area contributed by atoms with Crippen LogP contribution in [0, 0.1) is 13.8 Å². The molecule has 0 unspecified atom stereocenters. The van der Waals surface area contributed by atoms with E-state index in [1.165, 1.54) is 27.8 Å². The van der Waals surface area contributed by atoms with Gasteiger partial charge in [-0.15, -0.1) is 0 Å². The fraction of sp³-hybridized carbons (Fsp3) is 0.136. The highest BCUT2D eigenvalue weighted by molar-refractivity contribution is 5.80. The van der Waals surface area contributed by atoms with Crippen molar-refractivity contribution in [3.05, 3.63) is 89.5 Å². The zero-order chi connectivity index (χ0) is 16.5. The fourth-order valence-electron chi connectivity index (χ4n) is 3.23. The molecule has 2 nitrogen and oxygen atoms in total. The summed E-state index contributed by atoms with van der Waals surface area (Å²) in [5.41, 5.74) is 7.22. The predicted octanol–water partition coefficient (Wildman–Crippen LogP) is 5.37. The van der Waals surface area contributed by atoms with Crippen LogP contribution in [0.25, 0.3) is 22.4 Å². The van der Waals surface area contributed by atoms with Crippen LogP contribution in [0.15, 0.2) is 72.8 Å². The van der Waals surface area contributed by atoms with Gasteiger partial charge in [0.1, 0.15) is 5.82 Å². The molecule has 0 amide bonds. The average molecular weight is 312 g/mol. The maximum absolute atomic E-state index is 4.91.